The van der Waals surface area contributed by atoms with Crippen molar-refractivity contribution in [1.82, 2.24) is 0 Å². The van der Waals surface area contributed by atoms with E-state index >= 15 is 0 Å². The average Bonchev–Trinajstić information content (AvgIpc) is 2.15. The van der Waals surface area contributed by atoms with E-state index in [1.54, 1.807) is 0 Å². The highest BCUT2D eigenvalue weighted by atomic mass is 14.6. The Morgan fingerprint density at radius 1 is 1.25 bits per heavy atom. The molecule has 1 unspecified atom stereocenters. The third-order valence-electron chi connectivity index (χ3n) is 2.10. The van der Waals surface area contributed by atoms with Gasteiger partial charge in [0.25, 0.3) is 0 Å². The summed E-state index contributed by atoms with van der Waals surface area (Å²) in [5.41, 5.74) is 7.24. The zero-order valence-corrected chi connectivity index (χ0v) is 7.66. The van der Waals surface area contributed by atoms with Crippen molar-refractivity contribution in [2.24, 2.45) is 5.73 Å². The average molecular weight is 163 g/mol. The van der Waals surface area contributed by atoms with Gasteiger partial charge in [-0.15, -0.1) is 0 Å². The molecule has 0 radical (unpaired) electrons. The summed E-state index contributed by atoms with van der Waals surface area (Å²) in [4.78, 5) is 0. The Labute approximate surface area is 74.6 Å². The number of benzene rings is 1. The van der Waals surface area contributed by atoms with Crippen LogP contribution in [0.2, 0.25) is 0 Å². The number of rotatable bonds is 4. The highest BCUT2D eigenvalue weighted by molar-refractivity contribution is 5.18. The van der Waals surface area contributed by atoms with E-state index in [0.717, 1.165) is 6.42 Å². The molecule has 0 aliphatic carbocycles. The third-order valence-corrected chi connectivity index (χ3v) is 2.10. The molecule has 0 saturated heterocycles. The summed E-state index contributed by atoms with van der Waals surface area (Å²) in [6, 6.07) is 10.5. The van der Waals surface area contributed by atoms with Crippen LogP contribution in [0.3, 0.4) is 0 Å². The molecule has 0 spiro atoms. The van der Waals surface area contributed by atoms with Crippen LogP contribution in [0, 0.1) is 0 Å². The van der Waals surface area contributed by atoms with E-state index in [1.807, 2.05) is 18.2 Å². The van der Waals surface area contributed by atoms with Crippen LogP contribution in [0.4, 0.5) is 0 Å². The highest BCUT2D eigenvalue weighted by Crippen LogP contribution is 2.15. The zero-order chi connectivity index (χ0) is 8.81. The van der Waals surface area contributed by atoms with E-state index in [9.17, 15) is 0 Å². The fourth-order valence-electron chi connectivity index (χ4n) is 1.29. The monoisotopic (exact) mass is 163 g/mol. The minimum Gasteiger partial charge on any atom is -0.324 e. The first-order chi connectivity index (χ1) is 5.84. The Hall–Kier alpha value is -0.820. The van der Waals surface area contributed by atoms with Crippen molar-refractivity contribution in [3.63, 3.8) is 0 Å². The van der Waals surface area contributed by atoms with E-state index in [0.29, 0.717) is 0 Å². The summed E-state index contributed by atoms with van der Waals surface area (Å²) in [5, 5.41) is 0. The van der Waals surface area contributed by atoms with Gasteiger partial charge in [-0.05, 0) is 12.0 Å². The van der Waals surface area contributed by atoms with Crippen molar-refractivity contribution in [2.75, 3.05) is 0 Å². The maximum absolute atomic E-state index is 5.98. The maximum atomic E-state index is 5.98. The van der Waals surface area contributed by atoms with Gasteiger partial charge in [-0.2, -0.15) is 0 Å². The van der Waals surface area contributed by atoms with Gasteiger partial charge >= 0.3 is 0 Å². The smallest absolute Gasteiger partial charge is 0.0294 e. The quantitative estimate of drug-likeness (QED) is 0.725. The molecule has 0 amide bonds. The largest absolute Gasteiger partial charge is 0.324 e. The standard InChI is InChI=1S/C11H17N/c1-2-3-9-11(12)10-7-5-4-6-8-10/h4-8,11H,2-3,9,12H2,1H3. The van der Waals surface area contributed by atoms with Crippen LogP contribution in [-0.4, -0.2) is 0 Å². The zero-order valence-electron chi connectivity index (χ0n) is 7.66. The van der Waals surface area contributed by atoms with Gasteiger partial charge in [0, 0.05) is 6.04 Å². The summed E-state index contributed by atoms with van der Waals surface area (Å²) in [6.45, 7) is 2.19. The molecule has 1 heteroatoms. The SMILES string of the molecule is CCCCC(N)c1ccccc1. The normalized spacial score (nSPS) is 12.8. The molecule has 12 heavy (non-hydrogen) atoms. The Kier molecular flexibility index (Phi) is 3.81. The van der Waals surface area contributed by atoms with E-state index in [-0.39, 0.29) is 6.04 Å². The number of hydrogen-bond donors (Lipinski definition) is 1. The first kappa shape index (κ1) is 9.27. The molecule has 1 nitrogen and oxygen atoms in total. The van der Waals surface area contributed by atoms with Gasteiger partial charge in [0.2, 0.25) is 0 Å². The Bertz CT molecular complexity index is 206. The molecule has 1 aromatic carbocycles. The van der Waals surface area contributed by atoms with E-state index in [4.69, 9.17) is 5.73 Å². The Morgan fingerprint density at radius 2 is 1.92 bits per heavy atom. The van der Waals surface area contributed by atoms with Crippen LogP contribution in [0.15, 0.2) is 30.3 Å². The maximum Gasteiger partial charge on any atom is 0.0294 e. The van der Waals surface area contributed by atoms with Gasteiger partial charge < -0.3 is 5.73 Å². The highest BCUT2D eigenvalue weighted by Gasteiger charge is 2.02. The minimum atomic E-state index is 0.228. The molecule has 0 saturated carbocycles. The van der Waals surface area contributed by atoms with E-state index in [1.165, 1.54) is 18.4 Å². The lowest BCUT2D eigenvalue weighted by molar-refractivity contribution is 0.603. The molecule has 66 valence electrons. The second-order valence-corrected chi connectivity index (χ2v) is 3.16. The van der Waals surface area contributed by atoms with Crippen LogP contribution in [0.1, 0.15) is 37.8 Å². The topological polar surface area (TPSA) is 26.0 Å². The summed E-state index contributed by atoms with van der Waals surface area (Å²) < 4.78 is 0. The first-order valence-electron chi connectivity index (χ1n) is 4.65. The molecule has 0 aliphatic rings. The summed E-state index contributed by atoms with van der Waals surface area (Å²) >= 11 is 0. The lowest BCUT2D eigenvalue weighted by Crippen LogP contribution is -2.09. The number of nitrogens with two attached hydrogens (primary N) is 1. The molecule has 0 aromatic heterocycles. The molecule has 1 rings (SSSR count). The molecular weight excluding hydrogens is 146 g/mol. The second-order valence-electron chi connectivity index (χ2n) is 3.16. The predicted octanol–water partition coefficient (Wildman–Crippen LogP) is 2.88. The molecule has 1 aromatic rings. The molecule has 0 heterocycles. The molecule has 0 aliphatic heterocycles. The van der Waals surface area contributed by atoms with Crippen molar-refractivity contribution in [2.45, 2.75) is 32.2 Å². The van der Waals surface area contributed by atoms with Crippen molar-refractivity contribution in [3.05, 3.63) is 35.9 Å². The van der Waals surface area contributed by atoms with Gasteiger partial charge in [-0.3, -0.25) is 0 Å². The predicted molar refractivity (Wildman–Crippen MR) is 52.9 cm³/mol. The Balaban J connectivity index is 2.48. The molecular formula is C11H17N. The van der Waals surface area contributed by atoms with Gasteiger partial charge in [0.15, 0.2) is 0 Å². The van der Waals surface area contributed by atoms with Crippen LogP contribution in [-0.2, 0) is 0 Å². The Morgan fingerprint density at radius 3 is 2.50 bits per heavy atom. The lowest BCUT2D eigenvalue weighted by Gasteiger charge is -2.10. The van der Waals surface area contributed by atoms with E-state index in [2.05, 4.69) is 19.1 Å². The molecule has 2 N–H and O–H groups in total. The third kappa shape index (κ3) is 2.67. The fourth-order valence-corrected chi connectivity index (χ4v) is 1.29. The summed E-state index contributed by atoms with van der Waals surface area (Å²) in [7, 11) is 0. The van der Waals surface area contributed by atoms with Gasteiger partial charge in [0.05, 0.1) is 0 Å². The minimum absolute atomic E-state index is 0.228. The van der Waals surface area contributed by atoms with Gasteiger partial charge in [-0.25, -0.2) is 0 Å². The summed E-state index contributed by atoms with van der Waals surface area (Å²) in [5.74, 6) is 0. The lowest BCUT2D eigenvalue weighted by atomic mass is 10.0. The van der Waals surface area contributed by atoms with Crippen molar-refractivity contribution >= 4 is 0 Å². The molecule has 0 bridgehead atoms. The number of unbranched alkanes of at least 4 members (excludes halogenated alkanes) is 1. The van der Waals surface area contributed by atoms with Crippen LogP contribution in [0.5, 0.6) is 0 Å². The van der Waals surface area contributed by atoms with Crippen LogP contribution in [0.25, 0.3) is 0 Å². The van der Waals surface area contributed by atoms with Crippen molar-refractivity contribution in [1.29, 1.82) is 0 Å². The van der Waals surface area contributed by atoms with E-state index < -0.39 is 0 Å². The first-order valence-corrected chi connectivity index (χ1v) is 4.65. The summed E-state index contributed by atoms with van der Waals surface area (Å²) in [6.07, 6.45) is 3.54. The van der Waals surface area contributed by atoms with Crippen molar-refractivity contribution in [3.8, 4) is 0 Å². The van der Waals surface area contributed by atoms with Crippen molar-refractivity contribution < 1.29 is 0 Å². The number of hydrogen-bond acceptors (Lipinski definition) is 1. The fraction of sp³-hybridized carbons (Fsp3) is 0.455. The van der Waals surface area contributed by atoms with Gasteiger partial charge in [-0.1, -0.05) is 50.1 Å². The molecule has 1 atom stereocenters. The van der Waals surface area contributed by atoms with Crippen LogP contribution >= 0.6 is 0 Å². The van der Waals surface area contributed by atoms with Gasteiger partial charge in [0.1, 0.15) is 0 Å². The second kappa shape index (κ2) is 4.94. The van der Waals surface area contributed by atoms with Crippen LogP contribution < -0.4 is 5.73 Å². The molecule has 0 fully saturated rings.